The van der Waals surface area contributed by atoms with Gasteiger partial charge in [-0.15, -0.1) is 0 Å². The van der Waals surface area contributed by atoms with Crippen LogP contribution in [0.1, 0.15) is 38.2 Å². The number of halogens is 1. The second-order valence-electron chi connectivity index (χ2n) is 7.36. The molecule has 0 radical (unpaired) electrons. The molecule has 1 N–H and O–H groups in total. The zero-order valence-electron chi connectivity index (χ0n) is 14.1. The zero-order valence-corrected chi connectivity index (χ0v) is 14.1. The molecule has 0 bridgehead atoms. The molecule has 2 heterocycles. The largest absolute Gasteiger partial charge is 0.342 e. The van der Waals surface area contributed by atoms with Gasteiger partial charge >= 0.3 is 0 Å². The Bertz CT molecular complexity index is 523. The highest BCUT2D eigenvalue weighted by molar-refractivity contribution is 5.79. The zero-order chi connectivity index (χ0) is 16.2. The molecule has 0 spiro atoms. The first-order valence-corrected chi connectivity index (χ1v) is 8.98. The second kappa shape index (κ2) is 7.43. The molecular weight excluding hydrogens is 291 g/mol. The molecule has 0 aliphatic carbocycles. The average molecular weight is 319 g/mol. The summed E-state index contributed by atoms with van der Waals surface area (Å²) < 4.78 is 13.0. The summed E-state index contributed by atoms with van der Waals surface area (Å²) in [6.07, 6.45) is 4.38. The summed E-state index contributed by atoms with van der Waals surface area (Å²) in [7, 11) is 0. The Labute approximate surface area is 138 Å². The molecule has 0 saturated carbocycles. The number of nitrogens with one attached hydrogen (secondary N) is 1. The third kappa shape index (κ3) is 4.31. The Kier molecular flexibility index (Phi) is 5.31. The van der Waals surface area contributed by atoms with Crippen LogP contribution in [0.5, 0.6) is 0 Å². The highest BCUT2D eigenvalue weighted by atomic mass is 19.1. The number of amides is 1. The number of carbonyl (C=O) groups excluding carboxylic acids is 1. The van der Waals surface area contributed by atoms with Gasteiger partial charge in [-0.2, -0.15) is 0 Å². The topological polar surface area (TPSA) is 24.8 Å². The number of carbonyl (C=O) groups is 1. The first-order chi connectivity index (χ1) is 11.1. The third-order valence-corrected chi connectivity index (χ3v) is 5.38. The SMILES string of the molecule is C[C@@H]1CCCN(C(=O)C2CC[NH+](Cc3ccc(F)cc3)CC2)C1. The van der Waals surface area contributed by atoms with E-state index >= 15 is 0 Å². The molecular formula is C19H28FN2O+. The second-order valence-corrected chi connectivity index (χ2v) is 7.36. The van der Waals surface area contributed by atoms with E-state index in [-0.39, 0.29) is 11.7 Å². The van der Waals surface area contributed by atoms with Gasteiger partial charge in [-0.1, -0.05) is 19.1 Å². The van der Waals surface area contributed by atoms with Crippen molar-refractivity contribution in [2.75, 3.05) is 26.2 Å². The number of hydrogen-bond donors (Lipinski definition) is 1. The summed E-state index contributed by atoms with van der Waals surface area (Å²) in [4.78, 5) is 16.3. The molecule has 0 unspecified atom stereocenters. The van der Waals surface area contributed by atoms with Crippen molar-refractivity contribution in [3.63, 3.8) is 0 Å². The molecule has 0 aromatic heterocycles. The highest BCUT2D eigenvalue weighted by Crippen LogP contribution is 2.20. The molecule has 1 amide bonds. The standard InChI is InChI=1S/C19H27FN2O/c1-15-3-2-10-22(13-15)19(23)17-8-11-21(12-9-17)14-16-4-6-18(20)7-5-16/h4-7,15,17H,2-3,8-14H2,1H3/p+1/t15-/m1/s1. The lowest BCUT2D eigenvalue weighted by Gasteiger charge is -2.36. The predicted octanol–water partition coefficient (Wildman–Crippen LogP) is 1.88. The number of piperidine rings is 2. The van der Waals surface area contributed by atoms with Gasteiger partial charge in [-0.25, -0.2) is 4.39 Å². The maximum atomic E-state index is 13.0. The lowest BCUT2D eigenvalue weighted by molar-refractivity contribution is -0.919. The van der Waals surface area contributed by atoms with Crippen LogP contribution in [0.2, 0.25) is 0 Å². The number of quaternary nitrogens is 1. The predicted molar refractivity (Wildman–Crippen MR) is 88.5 cm³/mol. The fourth-order valence-corrected chi connectivity index (χ4v) is 3.99. The smallest absolute Gasteiger partial charge is 0.226 e. The van der Waals surface area contributed by atoms with Gasteiger partial charge in [0.05, 0.1) is 13.1 Å². The van der Waals surface area contributed by atoms with Gasteiger partial charge < -0.3 is 9.80 Å². The van der Waals surface area contributed by atoms with Crippen LogP contribution in [-0.4, -0.2) is 37.0 Å². The average Bonchev–Trinajstić information content (AvgIpc) is 2.57. The van der Waals surface area contributed by atoms with E-state index in [0.29, 0.717) is 11.8 Å². The van der Waals surface area contributed by atoms with Crippen LogP contribution in [0.15, 0.2) is 24.3 Å². The molecule has 126 valence electrons. The monoisotopic (exact) mass is 319 g/mol. The first-order valence-electron chi connectivity index (χ1n) is 8.98. The lowest BCUT2D eigenvalue weighted by Crippen LogP contribution is -3.11. The van der Waals surface area contributed by atoms with Crippen molar-refractivity contribution in [2.45, 2.75) is 39.2 Å². The van der Waals surface area contributed by atoms with Gasteiger partial charge in [0, 0.05) is 37.4 Å². The van der Waals surface area contributed by atoms with Crippen molar-refractivity contribution >= 4 is 5.91 Å². The number of rotatable bonds is 3. The maximum Gasteiger partial charge on any atom is 0.226 e. The van der Waals surface area contributed by atoms with Crippen LogP contribution >= 0.6 is 0 Å². The fourth-order valence-electron chi connectivity index (χ4n) is 3.99. The molecule has 4 heteroatoms. The van der Waals surface area contributed by atoms with Gasteiger partial charge in [0.1, 0.15) is 12.4 Å². The molecule has 2 aliphatic rings. The molecule has 2 fully saturated rings. The number of likely N-dealkylation sites (tertiary alicyclic amines) is 2. The van der Waals surface area contributed by atoms with Crippen molar-refractivity contribution in [3.8, 4) is 0 Å². The van der Waals surface area contributed by atoms with E-state index in [1.807, 2.05) is 12.1 Å². The van der Waals surface area contributed by atoms with Crippen molar-refractivity contribution in [3.05, 3.63) is 35.6 Å². The van der Waals surface area contributed by atoms with E-state index in [0.717, 1.165) is 52.0 Å². The lowest BCUT2D eigenvalue weighted by atomic mass is 9.92. The van der Waals surface area contributed by atoms with Gasteiger partial charge in [0.25, 0.3) is 0 Å². The van der Waals surface area contributed by atoms with Gasteiger partial charge in [0.15, 0.2) is 0 Å². The van der Waals surface area contributed by atoms with E-state index in [1.54, 1.807) is 0 Å². The Balaban J connectivity index is 1.48. The molecule has 3 nitrogen and oxygen atoms in total. The Morgan fingerprint density at radius 2 is 1.91 bits per heavy atom. The van der Waals surface area contributed by atoms with Crippen LogP contribution in [0, 0.1) is 17.7 Å². The maximum absolute atomic E-state index is 13.0. The van der Waals surface area contributed by atoms with E-state index < -0.39 is 0 Å². The number of benzene rings is 1. The van der Waals surface area contributed by atoms with E-state index in [2.05, 4.69) is 11.8 Å². The number of hydrogen-bond acceptors (Lipinski definition) is 1. The summed E-state index contributed by atoms with van der Waals surface area (Å²) >= 11 is 0. The van der Waals surface area contributed by atoms with Gasteiger partial charge in [-0.05, 0) is 30.9 Å². The first kappa shape index (κ1) is 16.4. The van der Waals surface area contributed by atoms with Crippen LogP contribution < -0.4 is 4.90 Å². The molecule has 2 saturated heterocycles. The summed E-state index contributed by atoms with van der Waals surface area (Å²) in [5, 5.41) is 0. The Hall–Kier alpha value is -1.42. The molecule has 2 aliphatic heterocycles. The van der Waals surface area contributed by atoms with Crippen molar-refractivity contribution in [1.29, 1.82) is 0 Å². The Morgan fingerprint density at radius 1 is 1.22 bits per heavy atom. The quantitative estimate of drug-likeness (QED) is 0.904. The van der Waals surface area contributed by atoms with Crippen LogP contribution in [0.4, 0.5) is 4.39 Å². The normalized spacial score (nSPS) is 28.6. The van der Waals surface area contributed by atoms with Gasteiger partial charge in [-0.3, -0.25) is 4.79 Å². The highest BCUT2D eigenvalue weighted by Gasteiger charge is 2.32. The summed E-state index contributed by atoms with van der Waals surface area (Å²) in [5.74, 6) is 1.08. The summed E-state index contributed by atoms with van der Waals surface area (Å²) in [6, 6.07) is 6.80. The summed E-state index contributed by atoms with van der Waals surface area (Å²) in [5.41, 5.74) is 1.18. The van der Waals surface area contributed by atoms with Gasteiger partial charge in [0.2, 0.25) is 5.91 Å². The molecule has 1 aromatic rings. The minimum Gasteiger partial charge on any atom is -0.342 e. The van der Waals surface area contributed by atoms with Crippen LogP contribution in [0.3, 0.4) is 0 Å². The molecule has 3 rings (SSSR count). The van der Waals surface area contributed by atoms with E-state index in [1.165, 1.54) is 29.0 Å². The van der Waals surface area contributed by atoms with Crippen molar-refractivity contribution in [1.82, 2.24) is 4.90 Å². The molecule has 1 atom stereocenters. The minimum atomic E-state index is -0.177. The molecule has 1 aromatic carbocycles. The minimum absolute atomic E-state index is 0.177. The van der Waals surface area contributed by atoms with Crippen molar-refractivity contribution < 1.29 is 14.1 Å². The Morgan fingerprint density at radius 3 is 2.57 bits per heavy atom. The van der Waals surface area contributed by atoms with Crippen LogP contribution in [-0.2, 0) is 11.3 Å². The van der Waals surface area contributed by atoms with E-state index in [9.17, 15) is 9.18 Å². The van der Waals surface area contributed by atoms with Crippen molar-refractivity contribution in [2.24, 2.45) is 11.8 Å². The van der Waals surface area contributed by atoms with Crippen LogP contribution in [0.25, 0.3) is 0 Å². The third-order valence-electron chi connectivity index (χ3n) is 5.38. The fraction of sp³-hybridized carbons (Fsp3) is 0.632. The van der Waals surface area contributed by atoms with E-state index in [4.69, 9.17) is 0 Å². The number of nitrogens with zero attached hydrogens (tertiary/aromatic N) is 1. The molecule has 23 heavy (non-hydrogen) atoms. The summed E-state index contributed by atoms with van der Waals surface area (Å²) in [6.45, 7) is 7.15.